The van der Waals surface area contributed by atoms with Gasteiger partial charge in [0.05, 0.1) is 50.1 Å². The molecule has 0 saturated heterocycles. The van der Waals surface area contributed by atoms with Gasteiger partial charge < -0.3 is 9.47 Å². The minimum absolute atomic E-state index is 0.544. The van der Waals surface area contributed by atoms with Gasteiger partial charge in [-0.05, 0) is 38.1 Å². The molecule has 3 rings (SSSR count). The highest BCUT2D eigenvalue weighted by Gasteiger charge is 2.06. The Morgan fingerprint density at radius 3 is 1.53 bits per heavy atom. The molecule has 0 spiro atoms. The summed E-state index contributed by atoms with van der Waals surface area (Å²) < 4.78 is 10.8. The second-order valence-corrected chi connectivity index (χ2v) is 6.84. The van der Waals surface area contributed by atoms with Crippen molar-refractivity contribution >= 4 is 11.4 Å². The number of rotatable bonds is 8. The molecule has 0 amide bonds. The van der Waals surface area contributed by atoms with Crippen LogP contribution in [0, 0.1) is 0 Å². The average Bonchev–Trinajstić information content (AvgIpc) is 2.81. The van der Waals surface area contributed by atoms with Crippen molar-refractivity contribution < 1.29 is 9.47 Å². The van der Waals surface area contributed by atoms with Crippen molar-refractivity contribution in [2.45, 2.75) is 26.9 Å². The number of hydrogen-bond donors (Lipinski definition) is 0. The highest BCUT2D eigenvalue weighted by atomic mass is 16.5. The monoisotopic (exact) mass is 401 g/mol. The summed E-state index contributed by atoms with van der Waals surface area (Å²) in [5.74, 6) is 1.69. The van der Waals surface area contributed by atoms with Crippen molar-refractivity contribution in [1.82, 2.24) is 4.98 Å². The molecule has 0 saturated carbocycles. The van der Waals surface area contributed by atoms with Crippen LogP contribution in [0.4, 0.5) is 0 Å². The van der Waals surface area contributed by atoms with Gasteiger partial charge in [0.1, 0.15) is 11.5 Å². The van der Waals surface area contributed by atoms with Crippen molar-refractivity contribution in [2.75, 3.05) is 14.2 Å². The lowest BCUT2D eigenvalue weighted by Crippen LogP contribution is -2.06. The highest BCUT2D eigenvalue weighted by Crippen LogP contribution is 2.19. The van der Waals surface area contributed by atoms with Crippen LogP contribution in [0.3, 0.4) is 0 Å². The van der Waals surface area contributed by atoms with Gasteiger partial charge in [-0.1, -0.05) is 42.5 Å². The maximum absolute atomic E-state index is 5.40. The molecule has 0 radical (unpaired) electrons. The number of aromatic nitrogens is 1. The molecular formula is C25H27N3O2. The summed E-state index contributed by atoms with van der Waals surface area (Å²) in [7, 11) is 3.35. The summed E-state index contributed by atoms with van der Waals surface area (Å²) >= 11 is 0. The number of aliphatic imine (C=N–C) groups is 2. The summed E-state index contributed by atoms with van der Waals surface area (Å²) in [5.41, 5.74) is 5.53. The van der Waals surface area contributed by atoms with E-state index in [1.807, 2.05) is 80.6 Å². The second-order valence-electron chi connectivity index (χ2n) is 6.84. The molecule has 154 valence electrons. The molecule has 1 heterocycles. The fraction of sp³-hybridized carbons (Fsp3) is 0.240. The molecule has 1 aromatic heterocycles. The Balaban J connectivity index is 1.76. The van der Waals surface area contributed by atoms with E-state index in [-0.39, 0.29) is 0 Å². The molecule has 0 bridgehead atoms. The van der Waals surface area contributed by atoms with Crippen LogP contribution in [0.1, 0.15) is 36.4 Å². The third kappa shape index (κ3) is 5.32. The van der Waals surface area contributed by atoms with Crippen LogP contribution >= 0.6 is 0 Å². The van der Waals surface area contributed by atoms with Crippen LogP contribution in [0.2, 0.25) is 0 Å². The number of nitrogens with zero attached hydrogens (tertiary/aromatic N) is 3. The minimum atomic E-state index is 0.544. The lowest BCUT2D eigenvalue weighted by atomic mass is 10.1. The molecule has 5 nitrogen and oxygen atoms in total. The van der Waals surface area contributed by atoms with E-state index in [2.05, 4.69) is 0 Å². The van der Waals surface area contributed by atoms with Gasteiger partial charge in [-0.15, -0.1) is 0 Å². The first kappa shape index (κ1) is 21.2. The maximum Gasteiger partial charge on any atom is 0.123 e. The molecule has 0 atom stereocenters. The Hall–Kier alpha value is -3.47. The van der Waals surface area contributed by atoms with E-state index >= 15 is 0 Å². The Morgan fingerprint density at radius 2 is 1.10 bits per heavy atom. The van der Waals surface area contributed by atoms with Gasteiger partial charge in [0.15, 0.2) is 0 Å². The second kappa shape index (κ2) is 10.3. The van der Waals surface area contributed by atoms with E-state index in [0.29, 0.717) is 13.1 Å². The molecule has 0 N–H and O–H groups in total. The minimum Gasteiger partial charge on any atom is -0.496 e. The van der Waals surface area contributed by atoms with Crippen LogP contribution in [0.5, 0.6) is 11.5 Å². The Labute approximate surface area is 178 Å². The fourth-order valence-corrected chi connectivity index (χ4v) is 3.07. The smallest absolute Gasteiger partial charge is 0.123 e. The van der Waals surface area contributed by atoms with E-state index in [9.17, 15) is 0 Å². The number of hydrogen-bond acceptors (Lipinski definition) is 5. The van der Waals surface area contributed by atoms with E-state index in [0.717, 1.165) is 45.4 Å². The standard InChI is InChI=1S/C25H27N3O2/c1-18(26-16-20-10-5-7-14-24(20)29-3)22-12-9-13-23(28-22)19(2)27-17-21-11-6-8-15-25(21)30-4/h5-15H,16-17H2,1-4H3. The van der Waals surface area contributed by atoms with E-state index in [1.54, 1.807) is 14.2 Å². The van der Waals surface area contributed by atoms with Gasteiger partial charge in [-0.3, -0.25) is 9.98 Å². The highest BCUT2D eigenvalue weighted by molar-refractivity contribution is 6.00. The van der Waals surface area contributed by atoms with Gasteiger partial charge in [0, 0.05) is 11.1 Å². The molecule has 3 aromatic rings. The summed E-state index contributed by atoms with van der Waals surface area (Å²) in [5, 5.41) is 0. The molecule has 0 aliphatic rings. The predicted molar refractivity (Wildman–Crippen MR) is 122 cm³/mol. The lowest BCUT2D eigenvalue weighted by molar-refractivity contribution is 0.410. The van der Waals surface area contributed by atoms with Gasteiger partial charge in [-0.25, -0.2) is 4.98 Å². The van der Waals surface area contributed by atoms with E-state index < -0.39 is 0 Å². The van der Waals surface area contributed by atoms with Gasteiger partial charge in [-0.2, -0.15) is 0 Å². The first-order chi connectivity index (χ1) is 14.6. The van der Waals surface area contributed by atoms with Crippen LogP contribution in [0.15, 0.2) is 76.7 Å². The Morgan fingerprint density at radius 1 is 0.667 bits per heavy atom. The summed E-state index contributed by atoms with van der Waals surface area (Å²) in [6.45, 7) is 5.04. The molecule has 0 aliphatic heterocycles. The number of benzene rings is 2. The van der Waals surface area contributed by atoms with Crippen molar-refractivity contribution in [1.29, 1.82) is 0 Å². The van der Waals surface area contributed by atoms with Gasteiger partial charge >= 0.3 is 0 Å². The average molecular weight is 402 g/mol. The van der Waals surface area contributed by atoms with Crippen molar-refractivity contribution in [3.63, 3.8) is 0 Å². The number of para-hydroxylation sites is 2. The largest absolute Gasteiger partial charge is 0.496 e. The zero-order valence-electron chi connectivity index (χ0n) is 17.9. The number of pyridine rings is 1. The summed E-state index contributed by atoms with van der Waals surface area (Å²) in [6.07, 6.45) is 0. The topological polar surface area (TPSA) is 56.1 Å². The fourth-order valence-electron chi connectivity index (χ4n) is 3.07. The van der Waals surface area contributed by atoms with Crippen molar-refractivity contribution in [3.05, 3.63) is 89.2 Å². The zero-order valence-corrected chi connectivity index (χ0v) is 17.9. The molecule has 0 unspecified atom stereocenters. The number of methoxy groups -OCH3 is 2. The van der Waals surface area contributed by atoms with E-state index in [1.165, 1.54) is 0 Å². The maximum atomic E-state index is 5.40. The first-order valence-electron chi connectivity index (χ1n) is 9.86. The van der Waals surface area contributed by atoms with Crippen LogP contribution in [-0.4, -0.2) is 30.6 Å². The van der Waals surface area contributed by atoms with Crippen LogP contribution in [-0.2, 0) is 13.1 Å². The number of ether oxygens (including phenoxy) is 2. The predicted octanol–water partition coefficient (Wildman–Crippen LogP) is 5.12. The molecule has 0 fully saturated rings. The lowest BCUT2D eigenvalue weighted by Gasteiger charge is -2.08. The van der Waals surface area contributed by atoms with Crippen molar-refractivity contribution in [3.8, 4) is 11.5 Å². The third-order valence-electron chi connectivity index (χ3n) is 4.85. The van der Waals surface area contributed by atoms with Crippen LogP contribution < -0.4 is 9.47 Å². The third-order valence-corrected chi connectivity index (χ3v) is 4.85. The normalized spacial score (nSPS) is 12.0. The molecule has 0 aliphatic carbocycles. The summed E-state index contributed by atoms with van der Waals surface area (Å²) in [6, 6.07) is 21.8. The van der Waals surface area contributed by atoms with Gasteiger partial charge in [0.2, 0.25) is 0 Å². The molecular weight excluding hydrogens is 374 g/mol. The molecule has 30 heavy (non-hydrogen) atoms. The van der Waals surface area contributed by atoms with Crippen molar-refractivity contribution in [2.24, 2.45) is 9.98 Å². The SMILES string of the molecule is COc1ccccc1CN=C(C)c1cccc(C(C)=NCc2ccccc2OC)n1. The molecule has 5 heteroatoms. The van der Waals surface area contributed by atoms with Crippen LogP contribution in [0.25, 0.3) is 0 Å². The zero-order chi connectivity index (χ0) is 21.3. The Bertz CT molecular complexity index is 977. The Kier molecular flexibility index (Phi) is 7.33. The van der Waals surface area contributed by atoms with Gasteiger partial charge in [0.25, 0.3) is 0 Å². The molecule has 2 aromatic carbocycles. The van der Waals surface area contributed by atoms with E-state index in [4.69, 9.17) is 24.4 Å². The first-order valence-corrected chi connectivity index (χ1v) is 9.86. The summed E-state index contributed by atoms with van der Waals surface area (Å²) in [4.78, 5) is 14.2. The quantitative estimate of drug-likeness (QED) is 0.493.